The highest BCUT2D eigenvalue weighted by atomic mass is 16.2. The highest BCUT2D eigenvalue weighted by molar-refractivity contribution is 5.79. The Bertz CT molecular complexity index is 215. The molecule has 1 N–H and O–H groups in total. The second-order valence-corrected chi connectivity index (χ2v) is 4.01. The summed E-state index contributed by atoms with van der Waals surface area (Å²) in [6.45, 7) is 6.92. The minimum atomic E-state index is -0.00583. The average molecular weight is 214 g/mol. The third-order valence-corrected chi connectivity index (χ3v) is 2.12. The van der Waals surface area contributed by atoms with Gasteiger partial charge in [0.15, 0.2) is 0 Å². The van der Waals surface area contributed by atoms with Crippen LogP contribution in [0.4, 0.5) is 0 Å². The van der Waals surface area contributed by atoms with Crippen molar-refractivity contribution in [3.05, 3.63) is 0 Å². The van der Waals surface area contributed by atoms with Crippen molar-refractivity contribution in [3.63, 3.8) is 0 Å². The molecule has 88 valence electrons. The molecule has 0 aromatic carbocycles. The van der Waals surface area contributed by atoms with Crippen LogP contribution in [0.1, 0.15) is 33.6 Å². The Labute approximate surface area is 92.0 Å². The van der Waals surface area contributed by atoms with Crippen LogP contribution in [0, 0.1) is 5.92 Å². The molecule has 15 heavy (non-hydrogen) atoms. The topological polar surface area (TPSA) is 49.4 Å². The summed E-state index contributed by atoms with van der Waals surface area (Å²) in [6.07, 6.45) is 1.32. The van der Waals surface area contributed by atoms with Crippen molar-refractivity contribution < 1.29 is 9.59 Å². The van der Waals surface area contributed by atoms with Crippen molar-refractivity contribution in [2.45, 2.75) is 33.6 Å². The lowest BCUT2D eigenvalue weighted by atomic mass is 10.2. The summed E-state index contributed by atoms with van der Waals surface area (Å²) in [5.74, 6) is 0.0900. The summed E-state index contributed by atoms with van der Waals surface area (Å²) in [4.78, 5) is 24.3. The number of nitrogens with one attached hydrogen (secondary N) is 1. The Morgan fingerprint density at radius 3 is 2.40 bits per heavy atom. The molecule has 0 saturated heterocycles. The molecule has 0 rings (SSSR count). The molecule has 0 heterocycles. The maximum Gasteiger partial charge on any atom is 0.224 e. The predicted octanol–water partition coefficient (Wildman–Crippen LogP) is 1.02. The Morgan fingerprint density at radius 2 is 1.93 bits per heavy atom. The first-order valence-corrected chi connectivity index (χ1v) is 5.50. The van der Waals surface area contributed by atoms with Gasteiger partial charge in [0.25, 0.3) is 0 Å². The van der Waals surface area contributed by atoms with E-state index in [0.29, 0.717) is 19.5 Å². The van der Waals surface area contributed by atoms with Gasteiger partial charge in [0.1, 0.15) is 0 Å². The third-order valence-electron chi connectivity index (χ3n) is 2.12. The van der Waals surface area contributed by atoms with Gasteiger partial charge in [-0.3, -0.25) is 9.59 Å². The highest BCUT2D eigenvalue weighted by Gasteiger charge is 2.13. The van der Waals surface area contributed by atoms with Crippen molar-refractivity contribution in [3.8, 4) is 0 Å². The van der Waals surface area contributed by atoms with Crippen molar-refractivity contribution in [2.75, 3.05) is 20.1 Å². The fraction of sp³-hybridized carbons (Fsp3) is 0.818. The predicted molar refractivity (Wildman–Crippen MR) is 60.4 cm³/mol. The molecule has 0 fully saturated rings. The summed E-state index contributed by atoms with van der Waals surface area (Å²) >= 11 is 0. The first kappa shape index (κ1) is 13.9. The van der Waals surface area contributed by atoms with Crippen LogP contribution in [-0.4, -0.2) is 36.9 Å². The molecule has 0 aromatic heterocycles. The van der Waals surface area contributed by atoms with E-state index >= 15 is 0 Å². The molecule has 0 atom stereocenters. The zero-order valence-electron chi connectivity index (χ0n) is 10.2. The zero-order valence-corrected chi connectivity index (χ0v) is 10.2. The molecule has 4 heteroatoms. The van der Waals surface area contributed by atoms with E-state index in [1.807, 2.05) is 20.8 Å². The highest BCUT2D eigenvalue weighted by Crippen LogP contribution is 1.99. The van der Waals surface area contributed by atoms with Gasteiger partial charge < -0.3 is 10.2 Å². The molecule has 0 aromatic rings. The molecule has 0 aliphatic heterocycles. The Balaban J connectivity index is 3.75. The van der Waals surface area contributed by atoms with E-state index in [0.717, 1.165) is 6.42 Å². The first-order valence-electron chi connectivity index (χ1n) is 5.50. The minimum Gasteiger partial charge on any atom is -0.356 e. The summed E-state index contributed by atoms with van der Waals surface area (Å²) < 4.78 is 0. The van der Waals surface area contributed by atoms with Crippen molar-refractivity contribution in [1.29, 1.82) is 0 Å². The van der Waals surface area contributed by atoms with Crippen LogP contribution < -0.4 is 5.32 Å². The van der Waals surface area contributed by atoms with Crippen molar-refractivity contribution in [2.24, 2.45) is 5.92 Å². The molecule has 4 nitrogen and oxygen atoms in total. The molecule has 0 aliphatic carbocycles. The van der Waals surface area contributed by atoms with Crippen molar-refractivity contribution in [1.82, 2.24) is 10.2 Å². The average Bonchev–Trinajstić information content (AvgIpc) is 2.21. The van der Waals surface area contributed by atoms with Crippen LogP contribution in [0.2, 0.25) is 0 Å². The van der Waals surface area contributed by atoms with Crippen LogP contribution in [0.3, 0.4) is 0 Å². The van der Waals surface area contributed by atoms with Gasteiger partial charge in [-0.25, -0.2) is 0 Å². The Kier molecular flexibility index (Phi) is 6.75. The van der Waals surface area contributed by atoms with E-state index < -0.39 is 0 Å². The monoisotopic (exact) mass is 214 g/mol. The molecule has 0 unspecified atom stereocenters. The van der Waals surface area contributed by atoms with E-state index in [-0.39, 0.29) is 17.7 Å². The van der Waals surface area contributed by atoms with E-state index in [9.17, 15) is 9.59 Å². The van der Waals surface area contributed by atoms with E-state index in [4.69, 9.17) is 0 Å². The van der Waals surface area contributed by atoms with Gasteiger partial charge >= 0.3 is 0 Å². The van der Waals surface area contributed by atoms with Gasteiger partial charge in [-0.15, -0.1) is 0 Å². The Hall–Kier alpha value is -1.06. The Morgan fingerprint density at radius 1 is 1.33 bits per heavy atom. The van der Waals surface area contributed by atoms with Gasteiger partial charge in [0.2, 0.25) is 11.8 Å². The van der Waals surface area contributed by atoms with E-state index in [2.05, 4.69) is 5.32 Å². The second kappa shape index (κ2) is 7.26. The maximum absolute atomic E-state index is 11.5. The number of hydrogen-bond acceptors (Lipinski definition) is 2. The normalized spacial score (nSPS) is 10.2. The fourth-order valence-corrected chi connectivity index (χ4v) is 1.17. The summed E-state index contributed by atoms with van der Waals surface area (Å²) in [7, 11) is 1.73. The van der Waals surface area contributed by atoms with E-state index in [1.54, 1.807) is 11.9 Å². The molecule has 2 amide bonds. The van der Waals surface area contributed by atoms with Gasteiger partial charge in [-0.2, -0.15) is 0 Å². The van der Waals surface area contributed by atoms with Crippen LogP contribution in [0.25, 0.3) is 0 Å². The summed E-state index contributed by atoms with van der Waals surface area (Å²) in [5, 5.41) is 2.78. The lowest BCUT2D eigenvalue weighted by Crippen LogP contribution is -2.34. The molecule has 0 radical (unpaired) electrons. The molecular weight excluding hydrogens is 192 g/mol. The number of nitrogens with zero attached hydrogens (tertiary/aromatic N) is 1. The molecule has 0 spiro atoms. The number of rotatable bonds is 6. The van der Waals surface area contributed by atoms with Gasteiger partial charge in [0, 0.05) is 32.5 Å². The van der Waals surface area contributed by atoms with Gasteiger partial charge in [-0.1, -0.05) is 20.8 Å². The summed E-state index contributed by atoms with van der Waals surface area (Å²) in [5.41, 5.74) is 0. The number of carbonyl (C=O) groups is 2. The molecule has 0 saturated carbocycles. The quantitative estimate of drug-likeness (QED) is 0.717. The molecule has 0 aliphatic rings. The molecular formula is C11H22N2O2. The standard InChI is InChI=1S/C11H22N2O2/c1-5-7-12-10(14)6-8-13(4)11(15)9(2)3/h9H,5-8H2,1-4H3,(H,12,14). The number of amides is 2. The number of carbonyl (C=O) groups excluding carboxylic acids is 2. The molecule has 0 bridgehead atoms. The maximum atomic E-state index is 11.5. The lowest BCUT2D eigenvalue weighted by molar-refractivity contribution is -0.133. The van der Waals surface area contributed by atoms with Crippen molar-refractivity contribution >= 4 is 11.8 Å². The van der Waals surface area contributed by atoms with Crippen LogP contribution >= 0.6 is 0 Å². The van der Waals surface area contributed by atoms with E-state index in [1.165, 1.54) is 0 Å². The van der Waals surface area contributed by atoms with Crippen LogP contribution in [-0.2, 0) is 9.59 Å². The van der Waals surface area contributed by atoms with Crippen LogP contribution in [0.15, 0.2) is 0 Å². The second-order valence-electron chi connectivity index (χ2n) is 4.01. The lowest BCUT2D eigenvalue weighted by Gasteiger charge is -2.18. The van der Waals surface area contributed by atoms with Crippen LogP contribution in [0.5, 0.6) is 0 Å². The summed E-state index contributed by atoms with van der Waals surface area (Å²) in [6, 6.07) is 0. The minimum absolute atomic E-state index is 0.00583. The smallest absolute Gasteiger partial charge is 0.224 e. The number of hydrogen-bond donors (Lipinski definition) is 1. The zero-order chi connectivity index (χ0) is 11.8. The first-order chi connectivity index (χ1) is 6.99. The largest absolute Gasteiger partial charge is 0.356 e. The van der Waals surface area contributed by atoms with Gasteiger partial charge in [-0.05, 0) is 6.42 Å². The third kappa shape index (κ3) is 6.10. The fourth-order valence-electron chi connectivity index (χ4n) is 1.17. The SMILES string of the molecule is CCCNC(=O)CCN(C)C(=O)C(C)C. The van der Waals surface area contributed by atoms with Gasteiger partial charge in [0.05, 0.1) is 0 Å².